The Balaban J connectivity index is 2.13. The van der Waals surface area contributed by atoms with Gasteiger partial charge >= 0.3 is 6.09 Å². The molecule has 4 heteroatoms. The highest BCUT2D eigenvalue weighted by Crippen LogP contribution is 2.27. The molecule has 0 spiro atoms. The first kappa shape index (κ1) is 15.2. The first-order valence-corrected chi connectivity index (χ1v) is 7.06. The van der Waals surface area contributed by atoms with E-state index in [4.69, 9.17) is 9.47 Å². The third-order valence-corrected chi connectivity index (χ3v) is 3.16. The third-order valence-electron chi connectivity index (χ3n) is 3.16. The Morgan fingerprint density at radius 3 is 2.57 bits per heavy atom. The van der Waals surface area contributed by atoms with Crippen molar-refractivity contribution in [2.75, 3.05) is 13.7 Å². The quantitative estimate of drug-likeness (QED) is 0.842. The summed E-state index contributed by atoms with van der Waals surface area (Å²) in [5.74, 6) is 1.11. The summed E-state index contributed by atoms with van der Waals surface area (Å²) in [7, 11) is 1.63. The summed E-state index contributed by atoms with van der Waals surface area (Å²) in [5.41, 5.74) is 1.01. The number of carbonyl (C=O) groups is 1. The number of hydrogen-bond acceptors (Lipinski definition) is 3. The molecule has 1 aromatic carbocycles. The molecule has 1 aromatic rings. The lowest BCUT2D eigenvalue weighted by Crippen LogP contribution is -2.31. The molecule has 1 aliphatic rings. The molecular weight excluding hydrogens is 266 g/mol. The van der Waals surface area contributed by atoms with Crippen LogP contribution in [0.5, 0.6) is 5.75 Å². The van der Waals surface area contributed by atoms with Crippen molar-refractivity contribution < 1.29 is 14.3 Å². The summed E-state index contributed by atoms with van der Waals surface area (Å²) < 4.78 is 10.5. The van der Waals surface area contributed by atoms with Gasteiger partial charge in [-0.3, -0.25) is 4.90 Å². The highest BCUT2D eigenvalue weighted by molar-refractivity contribution is 5.70. The van der Waals surface area contributed by atoms with Crippen LogP contribution < -0.4 is 4.74 Å². The molecule has 2 rings (SSSR count). The molecule has 4 nitrogen and oxygen atoms in total. The number of amides is 1. The lowest BCUT2D eigenvalue weighted by molar-refractivity contribution is 0.0988. The standard InChI is InChI=1S/C17H21NO3/c1-13(2)12-21-17(19)18-11-5-4-6-16(18)14-7-9-15(20-3)10-8-14/h4-11,13,16H,12H2,1-3H3/t16-/m1/s1. The highest BCUT2D eigenvalue weighted by atomic mass is 16.6. The minimum absolute atomic E-state index is 0.152. The van der Waals surface area contributed by atoms with Gasteiger partial charge in [-0.25, -0.2) is 4.79 Å². The zero-order valence-electron chi connectivity index (χ0n) is 12.7. The molecule has 0 saturated heterocycles. The molecule has 0 aromatic heterocycles. The smallest absolute Gasteiger partial charge is 0.414 e. The Bertz CT molecular complexity index is 531. The Hall–Kier alpha value is -2.23. The normalized spacial score (nSPS) is 17.1. The van der Waals surface area contributed by atoms with Crippen molar-refractivity contribution in [1.82, 2.24) is 4.90 Å². The zero-order valence-corrected chi connectivity index (χ0v) is 12.7. The average molecular weight is 287 g/mol. The summed E-state index contributed by atoms with van der Waals surface area (Å²) in [6.45, 7) is 4.45. The van der Waals surface area contributed by atoms with Gasteiger partial charge in [0.15, 0.2) is 0 Å². The van der Waals surface area contributed by atoms with Gasteiger partial charge in [-0.15, -0.1) is 0 Å². The van der Waals surface area contributed by atoms with E-state index >= 15 is 0 Å². The molecule has 0 aliphatic carbocycles. The number of rotatable bonds is 4. The second-order valence-corrected chi connectivity index (χ2v) is 5.32. The van der Waals surface area contributed by atoms with E-state index in [1.165, 1.54) is 0 Å². The number of methoxy groups -OCH3 is 1. The fourth-order valence-electron chi connectivity index (χ4n) is 2.06. The van der Waals surface area contributed by atoms with Gasteiger partial charge in [-0.2, -0.15) is 0 Å². The topological polar surface area (TPSA) is 38.8 Å². The van der Waals surface area contributed by atoms with Crippen molar-refractivity contribution in [3.63, 3.8) is 0 Å². The molecule has 0 fully saturated rings. The van der Waals surface area contributed by atoms with Crippen LogP contribution in [0.3, 0.4) is 0 Å². The fourth-order valence-corrected chi connectivity index (χ4v) is 2.06. The SMILES string of the molecule is COc1ccc([C@H]2C=CC=CN2C(=O)OCC(C)C)cc1. The van der Waals surface area contributed by atoms with Crippen LogP contribution in [0.4, 0.5) is 4.79 Å². The molecule has 0 radical (unpaired) electrons. The van der Waals surface area contributed by atoms with Gasteiger partial charge in [0.25, 0.3) is 0 Å². The lowest BCUT2D eigenvalue weighted by Gasteiger charge is -2.28. The number of benzene rings is 1. The first-order chi connectivity index (χ1) is 10.1. The summed E-state index contributed by atoms with van der Waals surface area (Å²) >= 11 is 0. The second-order valence-electron chi connectivity index (χ2n) is 5.32. The van der Waals surface area contributed by atoms with Crippen LogP contribution in [0.2, 0.25) is 0 Å². The monoisotopic (exact) mass is 287 g/mol. The van der Waals surface area contributed by atoms with Crippen LogP contribution in [-0.4, -0.2) is 24.7 Å². The first-order valence-electron chi connectivity index (χ1n) is 7.06. The number of allylic oxidation sites excluding steroid dienone is 2. The number of carbonyl (C=O) groups excluding carboxylic acids is 1. The van der Waals surface area contributed by atoms with E-state index in [1.54, 1.807) is 18.2 Å². The van der Waals surface area contributed by atoms with E-state index in [9.17, 15) is 4.79 Å². The predicted octanol–water partition coefficient (Wildman–Crippen LogP) is 3.91. The second kappa shape index (κ2) is 6.97. The van der Waals surface area contributed by atoms with Crippen LogP contribution in [0.25, 0.3) is 0 Å². The molecule has 0 bridgehead atoms. The highest BCUT2D eigenvalue weighted by Gasteiger charge is 2.24. The Kier molecular flexibility index (Phi) is 5.04. The largest absolute Gasteiger partial charge is 0.497 e. The number of nitrogens with zero attached hydrogens (tertiary/aromatic N) is 1. The number of hydrogen-bond donors (Lipinski definition) is 0. The maximum atomic E-state index is 12.2. The molecule has 0 saturated carbocycles. The van der Waals surface area contributed by atoms with Gasteiger partial charge in [-0.1, -0.05) is 38.1 Å². The van der Waals surface area contributed by atoms with E-state index in [0.717, 1.165) is 11.3 Å². The van der Waals surface area contributed by atoms with Gasteiger partial charge < -0.3 is 9.47 Å². The Morgan fingerprint density at radius 2 is 1.95 bits per heavy atom. The predicted molar refractivity (Wildman–Crippen MR) is 82.0 cm³/mol. The van der Waals surface area contributed by atoms with Gasteiger partial charge in [0.05, 0.1) is 19.8 Å². The molecule has 1 atom stereocenters. The van der Waals surface area contributed by atoms with Crippen molar-refractivity contribution in [2.45, 2.75) is 19.9 Å². The maximum absolute atomic E-state index is 12.2. The summed E-state index contributed by atoms with van der Waals surface area (Å²) in [5, 5.41) is 0. The van der Waals surface area contributed by atoms with Crippen LogP contribution in [0.15, 0.2) is 48.7 Å². The minimum atomic E-state index is -0.329. The van der Waals surface area contributed by atoms with Gasteiger partial charge in [0.2, 0.25) is 0 Å². The molecule has 0 unspecified atom stereocenters. The van der Waals surface area contributed by atoms with Gasteiger partial charge in [-0.05, 0) is 29.7 Å². The molecule has 1 aliphatic heterocycles. The van der Waals surface area contributed by atoms with Crippen LogP contribution in [0, 0.1) is 5.92 Å². The lowest BCUT2D eigenvalue weighted by atomic mass is 10.0. The molecule has 0 N–H and O–H groups in total. The van der Waals surface area contributed by atoms with Crippen molar-refractivity contribution in [3.8, 4) is 5.75 Å². The van der Waals surface area contributed by atoms with E-state index in [0.29, 0.717) is 12.5 Å². The van der Waals surface area contributed by atoms with Crippen molar-refractivity contribution in [3.05, 3.63) is 54.3 Å². The molecule has 112 valence electrons. The summed E-state index contributed by atoms with van der Waals surface area (Å²) in [6, 6.07) is 7.53. The van der Waals surface area contributed by atoms with Crippen molar-refractivity contribution in [2.24, 2.45) is 5.92 Å². The van der Waals surface area contributed by atoms with Crippen LogP contribution >= 0.6 is 0 Å². The molecule has 21 heavy (non-hydrogen) atoms. The summed E-state index contributed by atoms with van der Waals surface area (Å²) in [6.07, 6.45) is 7.15. The Labute approximate surface area is 125 Å². The van der Waals surface area contributed by atoms with Crippen molar-refractivity contribution >= 4 is 6.09 Å². The van der Waals surface area contributed by atoms with Gasteiger partial charge in [0.1, 0.15) is 5.75 Å². The third kappa shape index (κ3) is 3.88. The molecule has 1 heterocycles. The fraction of sp³-hybridized carbons (Fsp3) is 0.353. The molecule has 1 amide bonds. The van der Waals surface area contributed by atoms with E-state index in [1.807, 2.05) is 56.3 Å². The minimum Gasteiger partial charge on any atom is -0.497 e. The van der Waals surface area contributed by atoms with E-state index in [2.05, 4.69) is 0 Å². The number of ether oxygens (including phenoxy) is 2. The molecular formula is C17H21NO3. The zero-order chi connectivity index (χ0) is 15.2. The van der Waals surface area contributed by atoms with E-state index in [-0.39, 0.29) is 12.1 Å². The maximum Gasteiger partial charge on any atom is 0.414 e. The van der Waals surface area contributed by atoms with Gasteiger partial charge in [0, 0.05) is 6.20 Å². The van der Waals surface area contributed by atoms with Crippen molar-refractivity contribution in [1.29, 1.82) is 0 Å². The Morgan fingerprint density at radius 1 is 1.24 bits per heavy atom. The summed E-state index contributed by atoms with van der Waals surface area (Å²) in [4.78, 5) is 13.8. The van der Waals surface area contributed by atoms with E-state index < -0.39 is 0 Å². The average Bonchev–Trinajstić information content (AvgIpc) is 2.52. The van der Waals surface area contributed by atoms with Crippen LogP contribution in [-0.2, 0) is 4.74 Å². The van der Waals surface area contributed by atoms with Crippen LogP contribution in [0.1, 0.15) is 25.5 Å².